The van der Waals surface area contributed by atoms with E-state index in [1.54, 1.807) is 0 Å². The molecule has 3 aliphatic rings. The van der Waals surface area contributed by atoms with Crippen molar-refractivity contribution in [3.05, 3.63) is 23.9 Å². The Balaban J connectivity index is 1.49. The van der Waals surface area contributed by atoms with E-state index in [4.69, 9.17) is 5.10 Å². The smallest absolute Gasteiger partial charge is 0.235 e. The van der Waals surface area contributed by atoms with Crippen LogP contribution in [0.5, 0.6) is 0 Å². The zero-order valence-corrected chi connectivity index (χ0v) is 15.6. The van der Waals surface area contributed by atoms with Gasteiger partial charge in [0.15, 0.2) is 0 Å². The van der Waals surface area contributed by atoms with E-state index in [0.717, 1.165) is 42.8 Å². The Labute approximate surface area is 158 Å². The molecule has 0 radical (unpaired) electrons. The number of aromatic nitrogens is 2. The number of anilines is 1. The SMILES string of the molecule is Cn1nc(C2CCC(=O)NC2=O)c2cccc(N3CCC4(CC3)CNC4)c21. The van der Waals surface area contributed by atoms with Crippen molar-refractivity contribution in [2.45, 2.75) is 31.6 Å². The molecule has 2 amide bonds. The van der Waals surface area contributed by atoms with Gasteiger partial charge in [-0.15, -0.1) is 0 Å². The van der Waals surface area contributed by atoms with E-state index in [9.17, 15) is 9.59 Å². The summed E-state index contributed by atoms with van der Waals surface area (Å²) < 4.78 is 1.90. The highest BCUT2D eigenvalue weighted by molar-refractivity contribution is 6.03. The standard InChI is InChI=1S/C20H25N5O2/c1-24-18-13(17(23-24)14-5-6-16(26)22-19(14)27)3-2-4-15(18)25-9-7-20(8-10-25)11-21-12-20/h2-4,14,21H,5-12H2,1H3,(H,22,26,27). The lowest BCUT2D eigenvalue weighted by Crippen LogP contribution is -2.58. The van der Waals surface area contributed by atoms with Gasteiger partial charge in [-0.05, 0) is 30.7 Å². The molecule has 0 saturated carbocycles. The number of aryl methyl sites for hydroxylation is 1. The van der Waals surface area contributed by atoms with Gasteiger partial charge in [0.2, 0.25) is 11.8 Å². The molecule has 3 aliphatic heterocycles. The molecule has 3 saturated heterocycles. The zero-order valence-electron chi connectivity index (χ0n) is 15.6. The van der Waals surface area contributed by atoms with Crippen LogP contribution in [0.2, 0.25) is 0 Å². The number of hydrogen-bond acceptors (Lipinski definition) is 5. The number of rotatable bonds is 2. The average Bonchev–Trinajstić information content (AvgIpc) is 2.97. The predicted octanol–water partition coefficient (Wildman–Crippen LogP) is 1.28. The van der Waals surface area contributed by atoms with Crippen LogP contribution in [0.15, 0.2) is 18.2 Å². The van der Waals surface area contributed by atoms with Crippen molar-refractivity contribution >= 4 is 28.4 Å². The van der Waals surface area contributed by atoms with Crippen LogP contribution in [0.1, 0.15) is 37.3 Å². The molecule has 142 valence electrons. The van der Waals surface area contributed by atoms with E-state index in [1.165, 1.54) is 18.5 Å². The molecule has 1 aromatic carbocycles. The summed E-state index contributed by atoms with van der Waals surface area (Å²) in [6.45, 7) is 4.41. The highest BCUT2D eigenvalue weighted by Crippen LogP contribution is 2.39. The molecular formula is C20H25N5O2. The molecule has 1 spiro atoms. The molecular weight excluding hydrogens is 342 g/mol. The minimum absolute atomic E-state index is 0.190. The molecule has 27 heavy (non-hydrogen) atoms. The molecule has 1 unspecified atom stereocenters. The van der Waals surface area contributed by atoms with Gasteiger partial charge in [-0.25, -0.2) is 0 Å². The van der Waals surface area contributed by atoms with E-state index >= 15 is 0 Å². The molecule has 7 heteroatoms. The Morgan fingerprint density at radius 1 is 1.19 bits per heavy atom. The minimum atomic E-state index is -0.354. The number of benzene rings is 1. The second-order valence-corrected chi connectivity index (χ2v) is 8.28. The molecule has 5 rings (SSSR count). The molecule has 3 fully saturated rings. The Morgan fingerprint density at radius 3 is 2.63 bits per heavy atom. The van der Waals surface area contributed by atoms with Crippen LogP contribution in [0.3, 0.4) is 0 Å². The summed E-state index contributed by atoms with van der Waals surface area (Å²) >= 11 is 0. The number of imide groups is 1. The Kier molecular flexibility index (Phi) is 3.75. The molecule has 0 bridgehead atoms. The largest absolute Gasteiger partial charge is 0.370 e. The van der Waals surface area contributed by atoms with Crippen molar-refractivity contribution in [3.63, 3.8) is 0 Å². The van der Waals surface area contributed by atoms with Gasteiger partial charge in [0.25, 0.3) is 0 Å². The monoisotopic (exact) mass is 367 g/mol. The normalized spacial score (nSPS) is 24.9. The quantitative estimate of drug-likeness (QED) is 0.782. The molecule has 2 aromatic rings. The van der Waals surface area contributed by atoms with Crippen molar-refractivity contribution in [1.82, 2.24) is 20.4 Å². The lowest BCUT2D eigenvalue weighted by Gasteiger charge is -2.49. The third-order valence-corrected chi connectivity index (χ3v) is 6.61. The first kappa shape index (κ1) is 16.7. The van der Waals surface area contributed by atoms with Gasteiger partial charge < -0.3 is 10.2 Å². The third-order valence-electron chi connectivity index (χ3n) is 6.61. The molecule has 2 N–H and O–H groups in total. The molecule has 0 aliphatic carbocycles. The summed E-state index contributed by atoms with van der Waals surface area (Å²) in [6, 6.07) is 6.27. The molecule has 4 heterocycles. The van der Waals surface area contributed by atoms with Crippen LogP contribution in [-0.4, -0.2) is 47.8 Å². The fraction of sp³-hybridized carbons (Fsp3) is 0.550. The van der Waals surface area contributed by atoms with Gasteiger partial charge in [0, 0.05) is 45.0 Å². The van der Waals surface area contributed by atoms with E-state index in [1.807, 2.05) is 17.8 Å². The fourth-order valence-electron chi connectivity index (χ4n) is 4.86. The first-order valence-electron chi connectivity index (χ1n) is 9.81. The van der Waals surface area contributed by atoms with E-state index in [2.05, 4.69) is 27.7 Å². The van der Waals surface area contributed by atoms with E-state index in [0.29, 0.717) is 18.3 Å². The minimum Gasteiger partial charge on any atom is -0.370 e. The molecule has 7 nitrogen and oxygen atoms in total. The van der Waals surface area contributed by atoms with E-state index in [-0.39, 0.29) is 17.7 Å². The highest BCUT2D eigenvalue weighted by Gasteiger charge is 2.40. The second-order valence-electron chi connectivity index (χ2n) is 8.28. The van der Waals surface area contributed by atoms with Gasteiger partial charge in [-0.3, -0.25) is 19.6 Å². The average molecular weight is 367 g/mol. The maximum absolute atomic E-state index is 12.4. The fourth-order valence-corrected chi connectivity index (χ4v) is 4.86. The van der Waals surface area contributed by atoms with Gasteiger partial charge in [-0.2, -0.15) is 5.10 Å². The summed E-state index contributed by atoms with van der Waals surface area (Å²) in [5.74, 6) is -0.772. The Bertz CT molecular complexity index is 920. The topological polar surface area (TPSA) is 79.3 Å². The zero-order chi connectivity index (χ0) is 18.6. The van der Waals surface area contributed by atoms with Crippen molar-refractivity contribution in [1.29, 1.82) is 0 Å². The molecule has 1 aromatic heterocycles. The first-order chi connectivity index (χ1) is 13.1. The Morgan fingerprint density at radius 2 is 1.96 bits per heavy atom. The number of fused-ring (bicyclic) bond motifs is 1. The van der Waals surface area contributed by atoms with Crippen LogP contribution < -0.4 is 15.5 Å². The summed E-state index contributed by atoms with van der Waals surface area (Å²) in [4.78, 5) is 26.3. The van der Waals surface area contributed by atoms with Crippen LogP contribution >= 0.6 is 0 Å². The van der Waals surface area contributed by atoms with Crippen LogP contribution in [0.25, 0.3) is 10.9 Å². The number of amides is 2. The highest BCUT2D eigenvalue weighted by atomic mass is 16.2. The number of nitrogens with zero attached hydrogens (tertiary/aromatic N) is 3. The maximum Gasteiger partial charge on any atom is 0.235 e. The van der Waals surface area contributed by atoms with Gasteiger partial charge in [0.1, 0.15) is 0 Å². The number of carbonyl (C=O) groups excluding carboxylic acids is 2. The maximum atomic E-state index is 12.4. The van der Waals surface area contributed by atoms with Gasteiger partial charge in [-0.1, -0.05) is 12.1 Å². The van der Waals surface area contributed by atoms with Crippen LogP contribution in [0, 0.1) is 5.41 Å². The summed E-state index contributed by atoms with van der Waals surface area (Å²) in [7, 11) is 1.95. The lowest BCUT2D eigenvalue weighted by molar-refractivity contribution is -0.134. The van der Waals surface area contributed by atoms with Crippen molar-refractivity contribution in [2.75, 3.05) is 31.1 Å². The van der Waals surface area contributed by atoms with Gasteiger partial charge >= 0.3 is 0 Å². The number of hydrogen-bond donors (Lipinski definition) is 2. The van der Waals surface area contributed by atoms with Crippen LogP contribution in [0.4, 0.5) is 5.69 Å². The third kappa shape index (κ3) is 2.64. The van der Waals surface area contributed by atoms with Crippen molar-refractivity contribution < 1.29 is 9.59 Å². The summed E-state index contributed by atoms with van der Waals surface area (Å²) in [5.41, 5.74) is 3.58. The lowest BCUT2D eigenvalue weighted by atomic mass is 9.73. The van der Waals surface area contributed by atoms with Crippen molar-refractivity contribution in [2.24, 2.45) is 12.5 Å². The Hall–Kier alpha value is -2.41. The number of nitrogens with one attached hydrogen (secondary N) is 2. The summed E-state index contributed by atoms with van der Waals surface area (Å²) in [6.07, 6.45) is 3.33. The summed E-state index contributed by atoms with van der Waals surface area (Å²) in [5, 5.41) is 11.6. The number of carbonyl (C=O) groups is 2. The van der Waals surface area contributed by atoms with E-state index < -0.39 is 0 Å². The van der Waals surface area contributed by atoms with Crippen molar-refractivity contribution in [3.8, 4) is 0 Å². The number of piperidine rings is 2. The second kappa shape index (κ2) is 6.05. The van der Waals surface area contributed by atoms with Gasteiger partial charge in [0.05, 0.1) is 22.8 Å². The number of para-hydroxylation sites is 1. The predicted molar refractivity (Wildman–Crippen MR) is 103 cm³/mol. The van der Waals surface area contributed by atoms with Crippen LogP contribution in [-0.2, 0) is 16.6 Å². The molecule has 1 atom stereocenters. The first-order valence-corrected chi connectivity index (χ1v) is 9.81.